The van der Waals surface area contributed by atoms with Crippen molar-refractivity contribution < 1.29 is 0 Å². The van der Waals surface area contributed by atoms with Crippen LogP contribution in [0.4, 0.5) is 0 Å². The fourth-order valence-corrected chi connectivity index (χ4v) is 2.06. The van der Waals surface area contributed by atoms with Crippen LogP contribution in [0.15, 0.2) is 16.8 Å². The fourth-order valence-electron chi connectivity index (χ4n) is 1.36. The summed E-state index contributed by atoms with van der Waals surface area (Å²) in [5.74, 6) is 0. The average Bonchev–Trinajstić information content (AvgIpc) is 2.71. The highest BCUT2D eigenvalue weighted by molar-refractivity contribution is 7.07. The lowest BCUT2D eigenvalue weighted by molar-refractivity contribution is 0.299. The minimum absolute atomic E-state index is 0.636. The first kappa shape index (κ1) is 11.2. The van der Waals surface area contributed by atoms with E-state index in [2.05, 4.69) is 34.7 Å². The van der Waals surface area contributed by atoms with Gasteiger partial charge in [-0.2, -0.15) is 16.6 Å². The topological polar surface area (TPSA) is 27.0 Å². The predicted molar refractivity (Wildman–Crippen MR) is 60.4 cm³/mol. The van der Waals surface area contributed by atoms with Gasteiger partial charge in [-0.05, 0) is 35.4 Å². The van der Waals surface area contributed by atoms with Crippen LogP contribution in [0.5, 0.6) is 0 Å². The first-order valence-electron chi connectivity index (χ1n) is 4.97. The summed E-state index contributed by atoms with van der Waals surface area (Å²) in [4.78, 5) is 2.32. The summed E-state index contributed by atoms with van der Waals surface area (Å²) in [6, 6.07) is 4.36. The SMILES string of the molecule is CCN(CCC#N)CCc1ccsc1. The Kier molecular flexibility index (Phi) is 5.28. The number of hydrogen-bond donors (Lipinski definition) is 0. The van der Waals surface area contributed by atoms with Crippen LogP contribution in [0.25, 0.3) is 0 Å². The Bertz CT molecular complexity index is 274. The van der Waals surface area contributed by atoms with E-state index in [1.54, 1.807) is 11.3 Å². The van der Waals surface area contributed by atoms with Gasteiger partial charge in [0.15, 0.2) is 0 Å². The van der Waals surface area contributed by atoms with Crippen LogP contribution in [-0.4, -0.2) is 24.5 Å². The zero-order chi connectivity index (χ0) is 10.2. The van der Waals surface area contributed by atoms with Crippen LogP contribution in [0.2, 0.25) is 0 Å². The fraction of sp³-hybridized carbons (Fsp3) is 0.545. The van der Waals surface area contributed by atoms with E-state index in [0.29, 0.717) is 6.42 Å². The molecule has 0 atom stereocenters. The number of thiophene rings is 1. The molecular formula is C11H16N2S. The van der Waals surface area contributed by atoms with E-state index < -0.39 is 0 Å². The number of hydrogen-bond acceptors (Lipinski definition) is 3. The Hall–Kier alpha value is -0.850. The first-order valence-corrected chi connectivity index (χ1v) is 5.91. The molecule has 76 valence electrons. The maximum atomic E-state index is 8.49. The molecule has 14 heavy (non-hydrogen) atoms. The number of nitriles is 1. The molecule has 1 heterocycles. The molecule has 0 fully saturated rings. The highest BCUT2D eigenvalue weighted by Crippen LogP contribution is 2.07. The third-order valence-corrected chi connectivity index (χ3v) is 3.02. The largest absolute Gasteiger partial charge is 0.302 e. The van der Waals surface area contributed by atoms with Crippen molar-refractivity contribution in [3.8, 4) is 6.07 Å². The Balaban J connectivity index is 2.24. The Morgan fingerprint density at radius 3 is 2.93 bits per heavy atom. The van der Waals surface area contributed by atoms with E-state index in [0.717, 1.165) is 26.1 Å². The summed E-state index contributed by atoms with van der Waals surface area (Å²) in [7, 11) is 0. The van der Waals surface area contributed by atoms with Gasteiger partial charge < -0.3 is 4.90 Å². The van der Waals surface area contributed by atoms with Gasteiger partial charge in [-0.25, -0.2) is 0 Å². The van der Waals surface area contributed by atoms with Crippen molar-refractivity contribution in [2.75, 3.05) is 19.6 Å². The highest BCUT2D eigenvalue weighted by Gasteiger charge is 2.02. The van der Waals surface area contributed by atoms with E-state index >= 15 is 0 Å². The second-order valence-corrected chi connectivity index (χ2v) is 4.00. The standard InChI is InChI=1S/C11H16N2S/c1-2-13(7-3-6-12)8-4-11-5-9-14-10-11/h5,9-10H,2-4,7-8H2,1H3. The quantitative estimate of drug-likeness (QED) is 0.718. The van der Waals surface area contributed by atoms with Gasteiger partial charge in [0, 0.05) is 19.5 Å². The molecule has 0 saturated heterocycles. The van der Waals surface area contributed by atoms with Crippen molar-refractivity contribution in [1.29, 1.82) is 5.26 Å². The van der Waals surface area contributed by atoms with Crippen LogP contribution in [0.1, 0.15) is 18.9 Å². The van der Waals surface area contributed by atoms with Gasteiger partial charge in [0.05, 0.1) is 6.07 Å². The molecule has 0 amide bonds. The molecule has 0 spiro atoms. The van der Waals surface area contributed by atoms with Gasteiger partial charge in [-0.1, -0.05) is 6.92 Å². The normalized spacial score (nSPS) is 10.4. The van der Waals surface area contributed by atoms with Gasteiger partial charge in [0.25, 0.3) is 0 Å². The highest BCUT2D eigenvalue weighted by atomic mass is 32.1. The van der Waals surface area contributed by atoms with Crippen molar-refractivity contribution in [3.05, 3.63) is 22.4 Å². The Morgan fingerprint density at radius 1 is 1.50 bits per heavy atom. The molecule has 0 N–H and O–H groups in total. The molecule has 0 aliphatic rings. The van der Waals surface area contributed by atoms with E-state index in [-0.39, 0.29) is 0 Å². The van der Waals surface area contributed by atoms with E-state index in [4.69, 9.17) is 5.26 Å². The summed E-state index contributed by atoms with van der Waals surface area (Å²) in [5, 5.41) is 12.8. The van der Waals surface area contributed by atoms with Crippen LogP contribution in [0, 0.1) is 11.3 Å². The lowest BCUT2D eigenvalue weighted by Crippen LogP contribution is -2.26. The minimum atomic E-state index is 0.636. The lowest BCUT2D eigenvalue weighted by atomic mass is 10.2. The Labute approximate surface area is 89.8 Å². The molecule has 0 aliphatic heterocycles. The minimum Gasteiger partial charge on any atom is -0.302 e. The summed E-state index contributed by atoms with van der Waals surface area (Å²) in [5.41, 5.74) is 1.41. The third-order valence-electron chi connectivity index (χ3n) is 2.28. The van der Waals surface area contributed by atoms with E-state index in [1.807, 2.05) is 0 Å². The van der Waals surface area contributed by atoms with E-state index in [1.165, 1.54) is 5.56 Å². The van der Waals surface area contributed by atoms with Crippen LogP contribution in [0.3, 0.4) is 0 Å². The second kappa shape index (κ2) is 6.58. The second-order valence-electron chi connectivity index (χ2n) is 3.22. The van der Waals surface area contributed by atoms with Crippen molar-refractivity contribution >= 4 is 11.3 Å². The molecule has 0 radical (unpaired) electrons. The summed E-state index contributed by atoms with van der Waals surface area (Å²) in [6.45, 7) is 5.14. The molecule has 1 aromatic heterocycles. The molecule has 3 heteroatoms. The molecule has 0 aliphatic carbocycles. The van der Waals surface area contributed by atoms with Crippen molar-refractivity contribution in [1.82, 2.24) is 4.90 Å². The molecule has 1 aromatic rings. The number of rotatable bonds is 6. The monoisotopic (exact) mass is 208 g/mol. The summed E-state index contributed by atoms with van der Waals surface area (Å²) in [6.07, 6.45) is 1.74. The van der Waals surface area contributed by atoms with Gasteiger partial charge in [0.2, 0.25) is 0 Å². The molecule has 1 rings (SSSR count). The van der Waals surface area contributed by atoms with Gasteiger partial charge in [-0.15, -0.1) is 0 Å². The zero-order valence-corrected chi connectivity index (χ0v) is 9.39. The summed E-state index contributed by atoms with van der Waals surface area (Å²) >= 11 is 1.75. The van der Waals surface area contributed by atoms with Crippen LogP contribution >= 0.6 is 11.3 Å². The van der Waals surface area contributed by atoms with Crippen LogP contribution < -0.4 is 0 Å². The predicted octanol–water partition coefficient (Wildman–Crippen LogP) is 2.53. The molecule has 2 nitrogen and oxygen atoms in total. The molecule has 0 unspecified atom stereocenters. The van der Waals surface area contributed by atoms with Crippen molar-refractivity contribution in [2.24, 2.45) is 0 Å². The smallest absolute Gasteiger partial charge is 0.0635 e. The lowest BCUT2D eigenvalue weighted by Gasteiger charge is -2.18. The first-order chi connectivity index (χ1) is 6.86. The van der Waals surface area contributed by atoms with Crippen molar-refractivity contribution in [3.63, 3.8) is 0 Å². The number of likely N-dealkylation sites (N-methyl/N-ethyl adjacent to an activating group) is 1. The van der Waals surface area contributed by atoms with Crippen molar-refractivity contribution in [2.45, 2.75) is 19.8 Å². The average molecular weight is 208 g/mol. The third kappa shape index (κ3) is 3.91. The van der Waals surface area contributed by atoms with Crippen LogP contribution in [-0.2, 0) is 6.42 Å². The molecule has 0 aromatic carbocycles. The molecule has 0 bridgehead atoms. The number of nitrogens with zero attached hydrogens (tertiary/aromatic N) is 2. The Morgan fingerprint density at radius 2 is 2.36 bits per heavy atom. The summed E-state index contributed by atoms with van der Waals surface area (Å²) < 4.78 is 0. The van der Waals surface area contributed by atoms with Gasteiger partial charge in [-0.3, -0.25) is 0 Å². The maximum Gasteiger partial charge on any atom is 0.0635 e. The molecule has 0 saturated carbocycles. The maximum absolute atomic E-state index is 8.49. The zero-order valence-electron chi connectivity index (χ0n) is 8.57. The molecular weight excluding hydrogens is 192 g/mol. The van der Waals surface area contributed by atoms with E-state index in [9.17, 15) is 0 Å². The van der Waals surface area contributed by atoms with Gasteiger partial charge >= 0.3 is 0 Å². The van der Waals surface area contributed by atoms with Gasteiger partial charge in [0.1, 0.15) is 0 Å².